The topological polar surface area (TPSA) is 148 Å². The number of ether oxygens (including phenoxy) is 1. The molecule has 0 atom stereocenters. The third-order valence-corrected chi connectivity index (χ3v) is 9.13. The molecule has 77 heavy (non-hydrogen) atoms. The zero-order chi connectivity index (χ0) is 54.0. The summed E-state index contributed by atoms with van der Waals surface area (Å²) in [6.07, 6.45) is 14.2. The van der Waals surface area contributed by atoms with Crippen molar-refractivity contribution in [1.82, 2.24) is 39.2 Å². The van der Waals surface area contributed by atoms with Gasteiger partial charge in [0.25, 0.3) is 0 Å². The zero-order valence-electron chi connectivity index (χ0n) is 39.9. The number of anilines is 1. The Morgan fingerprint density at radius 3 is 1.55 bits per heavy atom. The fraction of sp³-hybridized carbons (Fsp3) is 0.0625. The van der Waals surface area contributed by atoms with E-state index in [1.165, 1.54) is 21.8 Å². The Hall–Kier alpha value is -13.5. The Bertz CT molecular complexity index is 4370. The number of nitrogens with two attached hydrogens (primary N) is 1. The van der Waals surface area contributed by atoms with Crippen molar-refractivity contribution in [1.29, 1.82) is 0 Å². The molecule has 3 aromatic carbocycles. The predicted octanol–water partition coefficient (Wildman–Crippen LogP) is 3.07. The quantitative estimate of drug-likeness (QED) is 0.180. The van der Waals surface area contributed by atoms with Crippen LogP contribution in [0.2, 0.25) is 0 Å². The zero-order valence-corrected chi connectivity index (χ0v) is 39.9. The van der Waals surface area contributed by atoms with Gasteiger partial charge in [0.1, 0.15) is 41.0 Å². The lowest BCUT2D eigenvalue weighted by atomic mass is 10.1. The van der Waals surface area contributed by atoms with E-state index in [2.05, 4.69) is 210 Å². The number of carbonyl (C=O) groups excluding carboxylic acids is 1. The lowest BCUT2D eigenvalue weighted by Crippen LogP contribution is -2.52. The summed E-state index contributed by atoms with van der Waals surface area (Å²) in [5.41, 5.74) is 8.77. The fourth-order valence-corrected chi connectivity index (χ4v) is 5.98. The minimum atomic E-state index is -0.319. The third-order valence-electron chi connectivity index (χ3n) is 9.13. The van der Waals surface area contributed by atoms with E-state index in [4.69, 9.17) is 28.2 Å². The molecule has 1 amide bonds. The van der Waals surface area contributed by atoms with Crippen molar-refractivity contribution in [3.05, 3.63) is 108 Å². The van der Waals surface area contributed by atoms with Gasteiger partial charge in [0.15, 0.2) is 11.5 Å². The Balaban J connectivity index is 0.000000259. The first-order valence-corrected chi connectivity index (χ1v) is 21.9. The molecule has 0 aliphatic carbocycles. The predicted molar refractivity (Wildman–Crippen MR) is 292 cm³/mol. The number of likely N-dealkylation sites (tertiary alicyclic amines) is 1. The smallest absolute Gasteiger partial charge is 0.335 e. The highest BCUT2D eigenvalue weighted by molar-refractivity contribution is 5.88. The molecular weight excluding hydrogens is 959 g/mol. The van der Waals surface area contributed by atoms with Gasteiger partial charge in [-0.3, -0.25) is 13.9 Å². The number of rotatable bonds is 8. The van der Waals surface area contributed by atoms with E-state index in [0.717, 1.165) is 5.52 Å². The summed E-state index contributed by atoms with van der Waals surface area (Å²) in [7, 11) is 0. The Labute approximate surface area is 444 Å². The molecule has 0 bridgehead atoms. The molecule has 1 aliphatic heterocycles. The number of amides is 1. The molecule has 4 heterocycles. The van der Waals surface area contributed by atoms with Crippen LogP contribution in [-0.2, 0) is 4.79 Å². The second-order valence-electron chi connectivity index (χ2n) is 13.9. The normalized spacial score (nSPS) is 9.25. The summed E-state index contributed by atoms with van der Waals surface area (Å²) in [5.74, 6) is 79.5. The number of benzene rings is 3. The molecular formula is C64H27N9O4. The minimum Gasteiger partial charge on any atom is -0.457 e. The van der Waals surface area contributed by atoms with E-state index in [1.807, 2.05) is 54.6 Å². The van der Waals surface area contributed by atoms with Crippen molar-refractivity contribution in [3.8, 4) is 219 Å². The highest BCUT2D eigenvalue weighted by Crippen LogP contribution is 2.29. The van der Waals surface area contributed by atoms with Crippen molar-refractivity contribution in [2.45, 2.75) is 6.04 Å². The minimum absolute atomic E-state index is 0.134. The number of terminal acetylenes is 2. The van der Waals surface area contributed by atoms with Gasteiger partial charge < -0.3 is 20.2 Å². The summed E-state index contributed by atoms with van der Waals surface area (Å²) < 4.78 is 8.96. The molecule has 2 N–H and O–H groups in total. The Kier molecular flexibility index (Phi) is 20.8. The SMILES string of the molecule is C#CC#CC#CC#CC#CC#CC#CC#CC#CC#CC#CC#CC#CC#CC#CC#CC#C.Nc1ncnc2c1n(-c1ccc(Oc3ccccc3)cc1)c(=O)n2C1CN(C(=O)/C=C/COn2nnc3ccccc32)C1. The van der Waals surface area contributed by atoms with Crippen LogP contribution in [0.1, 0.15) is 6.04 Å². The van der Waals surface area contributed by atoms with Crippen LogP contribution in [0, 0.1) is 202 Å². The molecule has 6 aromatic rings. The number of fused-ring (bicyclic) bond motifs is 2. The average molecular weight is 986 g/mol. The second kappa shape index (κ2) is 30.2. The van der Waals surface area contributed by atoms with Crippen LogP contribution in [0.4, 0.5) is 5.82 Å². The number of para-hydroxylation sites is 2. The van der Waals surface area contributed by atoms with Gasteiger partial charge in [0, 0.05) is 114 Å². The fourth-order valence-electron chi connectivity index (χ4n) is 5.98. The number of imidazole rings is 1. The van der Waals surface area contributed by atoms with E-state index in [1.54, 1.807) is 39.8 Å². The van der Waals surface area contributed by atoms with Crippen molar-refractivity contribution in [2.75, 3.05) is 25.4 Å². The molecule has 0 spiro atoms. The molecule has 3 aromatic heterocycles. The van der Waals surface area contributed by atoms with Crippen molar-refractivity contribution < 1.29 is 14.4 Å². The molecule has 1 aliphatic rings. The maximum Gasteiger partial charge on any atom is 0.335 e. The number of nitrogens with zero attached hydrogens (tertiary/aromatic N) is 8. The molecule has 1 fully saturated rings. The number of nitrogen functional groups attached to an aromatic ring is 1. The van der Waals surface area contributed by atoms with Crippen LogP contribution in [0.3, 0.4) is 0 Å². The van der Waals surface area contributed by atoms with Crippen molar-refractivity contribution in [3.63, 3.8) is 0 Å². The van der Waals surface area contributed by atoms with E-state index >= 15 is 0 Å². The van der Waals surface area contributed by atoms with Crippen LogP contribution >= 0.6 is 0 Å². The van der Waals surface area contributed by atoms with Crippen molar-refractivity contribution in [2.24, 2.45) is 0 Å². The van der Waals surface area contributed by atoms with Crippen LogP contribution in [0.15, 0.2) is 102 Å². The highest BCUT2D eigenvalue weighted by Gasteiger charge is 2.35. The number of carbonyl (C=O) groups is 1. The molecule has 0 saturated carbocycles. The van der Waals surface area contributed by atoms with E-state index in [9.17, 15) is 9.59 Å². The second-order valence-corrected chi connectivity index (χ2v) is 13.9. The average Bonchev–Trinajstić information content (AvgIpc) is 4.14. The van der Waals surface area contributed by atoms with Crippen molar-refractivity contribution >= 4 is 33.9 Å². The largest absolute Gasteiger partial charge is 0.457 e. The van der Waals surface area contributed by atoms with Crippen LogP contribution in [0.25, 0.3) is 27.9 Å². The summed E-state index contributed by atoms with van der Waals surface area (Å²) in [6, 6.07) is 23.7. The van der Waals surface area contributed by atoms with Gasteiger partial charge in [0.05, 0.1) is 11.7 Å². The first-order chi connectivity index (χ1) is 38.0. The lowest BCUT2D eigenvalue weighted by Gasteiger charge is -2.38. The first kappa shape index (κ1) is 52.9. The third kappa shape index (κ3) is 16.9. The summed E-state index contributed by atoms with van der Waals surface area (Å²) >= 11 is 0. The van der Waals surface area contributed by atoms with Crippen LogP contribution < -0.4 is 21.0 Å². The molecule has 13 heteroatoms. The molecule has 0 radical (unpaired) electrons. The molecule has 7 rings (SSSR count). The van der Waals surface area contributed by atoms with Gasteiger partial charge in [-0.05, 0) is 155 Å². The number of hydrogen-bond donors (Lipinski definition) is 1. The monoisotopic (exact) mass is 985 g/mol. The summed E-state index contributed by atoms with van der Waals surface area (Å²) in [4.78, 5) is 43.6. The molecule has 352 valence electrons. The molecule has 13 nitrogen and oxygen atoms in total. The lowest BCUT2D eigenvalue weighted by molar-refractivity contribution is -0.131. The maximum atomic E-state index is 13.8. The van der Waals surface area contributed by atoms with E-state index in [0.29, 0.717) is 47.0 Å². The standard InChI is InChI=1S/C34H2.C30H25N9O4/c1-3-5-7-9-11-13-15-17-19-21-23-25-27-29-31-33-34-32-30-28-26-24-22-20-18-16-14-12-10-8-6-4-2;31-28-27-29(33-19-32-28)38(30(41)37(27)20-12-14-23(15-13-20)43-22-7-2-1-3-8-22)21-17-36(18-21)26(40)11-6-16-42-39-25-10-5-4-9-24(25)34-35-39/h1-2H;1-15,19,21H,16-18H2,(H2,31,32,33)/b;11-6+. The summed E-state index contributed by atoms with van der Waals surface area (Å²) in [5, 5.41) is 7.99. The molecule has 1 saturated heterocycles. The number of aromatic nitrogens is 7. The number of hydrogen-bond acceptors (Lipinski definition) is 9. The van der Waals surface area contributed by atoms with Gasteiger partial charge >= 0.3 is 5.69 Å². The van der Waals surface area contributed by atoms with E-state index in [-0.39, 0.29) is 30.1 Å². The molecule has 0 unspecified atom stereocenters. The maximum absolute atomic E-state index is 13.8. The summed E-state index contributed by atoms with van der Waals surface area (Å²) in [6.45, 7) is 0.809. The van der Waals surface area contributed by atoms with Gasteiger partial charge in [-0.2, -0.15) is 0 Å². The van der Waals surface area contributed by atoms with Gasteiger partial charge in [-0.25, -0.2) is 14.8 Å². The van der Waals surface area contributed by atoms with Gasteiger partial charge in [-0.1, -0.05) is 35.2 Å². The van der Waals surface area contributed by atoms with Crippen LogP contribution in [-0.4, -0.2) is 64.8 Å². The highest BCUT2D eigenvalue weighted by atomic mass is 16.7. The van der Waals surface area contributed by atoms with E-state index < -0.39 is 0 Å². The van der Waals surface area contributed by atoms with Gasteiger partial charge in [-0.15, -0.1) is 17.9 Å². The van der Waals surface area contributed by atoms with Gasteiger partial charge in [0.2, 0.25) is 5.91 Å². The Morgan fingerprint density at radius 1 is 0.597 bits per heavy atom. The van der Waals surface area contributed by atoms with Crippen LogP contribution in [0.5, 0.6) is 11.5 Å². The Morgan fingerprint density at radius 2 is 1.05 bits per heavy atom. The first-order valence-electron chi connectivity index (χ1n) is 21.9.